The van der Waals surface area contributed by atoms with Gasteiger partial charge in [0.05, 0.1) is 12.0 Å². The number of carbonyl (C=O) groups is 2. The molecule has 1 aliphatic rings. The predicted octanol–water partition coefficient (Wildman–Crippen LogP) is 2.19. The number of anilines is 1. The molecule has 0 unspecified atom stereocenters. The molecule has 0 spiro atoms. The number of hydrogen-bond acceptors (Lipinski definition) is 4. The summed E-state index contributed by atoms with van der Waals surface area (Å²) >= 11 is 0. The van der Waals surface area contributed by atoms with Gasteiger partial charge < -0.3 is 5.32 Å². The van der Waals surface area contributed by atoms with Crippen molar-refractivity contribution in [3.63, 3.8) is 0 Å². The molecular weight excluding hydrogens is 254 g/mol. The van der Waals surface area contributed by atoms with Gasteiger partial charge in [-0.1, -0.05) is 26.8 Å². The van der Waals surface area contributed by atoms with Gasteiger partial charge in [-0.3, -0.25) is 14.5 Å². The van der Waals surface area contributed by atoms with E-state index in [1.807, 2.05) is 26.0 Å². The normalized spacial score (nSPS) is 17.6. The first-order valence-corrected chi connectivity index (χ1v) is 6.97. The first-order chi connectivity index (χ1) is 9.44. The van der Waals surface area contributed by atoms with Crippen LogP contribution in [0.25, 0.3) is 0 Å². The average Bonchev–Trinajstić information content (AvgIpc) is 2.60. The fourth-order valence-electron chi connectivity index (χ4n) is 2.25. The zero-order chi connectivity index (χ0) is 14.8. The molecule has 2 rings (SSSR count). The standard InChI is InChI=1S/C15H21N3O2/c1-4-7-16-12-6-5-11(9-17-12)10-18-13(19)8-15(2,3)14(18)20/h5-6,9H,4,7-8,10H2,1-3H3,(H,16,17). The summed E-state index contributed by atoms with van der Waals surface area (Å²) in [5, 5.41) is 3.19. The van der Waals surface area contributed by atoms with Gasteiger partial charge in [0.15, 0.2) is 0 Å². The molecule has 1 saturated heterocycles. The van der Waals surface area contributed by atoms with Crippen molar-refractivity contribution in [1.29, 1.82) is 0 Å². The summed E-state index contributed by atoms with van der Waals surface area (Å²) in [7, 11) is 0. The predicted molar refractivity (Wildman–Crippen MR) is 77.0 cm³/mol. The zero-order valence-corrected chi connectivity index (χ0v) is 12.3. The molecular formula is C15H21N3O2. The third-order valence-corrected chi connectivity index (χ3v) is 3.44. The maximum atomic E-state index is 12.1. The number of imide groups is 1. The molecule has 1 aliphatic heterocycles. The van der Waals surface area contributed by atoms with E-state index in [1.54, 1.807) is 6.20 Å². The second kappa shape index (κ2) is 5.61. The lowest BCUT2D eigenvalue weighted by Crippen LogP contribution is -2.32. The maximum Gasteiger partial charge on any atom is 0.235 e. The largest absolute Gasteiger partial charge is 0.370 e. The van der Waals surface area contributed by atoms with Gasteiger partial charge in [-0.15, -0.1) is 0 Å². The number of nitrogens with one attached hydrogen (secondary N) is 1. The Morgan fingerprint density at radius 3 is 2.60 bits per heavy atom. The van der Waals surface area contributed by atoms with E-state index in [4.69, 9.17) is 0 Å². The van der Waals surface area contributed by atoms with E-state index in [1.165, 1.54) is 4.90 Å². The number of carbonyl (C=O) groups excluding carboxylic acids is 2. The van der Waals surface area contributed by atoms with Crippen molar-refractivity contribution >= 4 is 17.6 Å². The Morgan fingerprint density at radius 2 is 2.10 bits per heavy atom. The van der Waals surface area contributed by atoms with E-state index in [0.717, 1.165) is 24.3 Å². The van der Waals surface area contributed by atoms with Crippen molar-refractivity contribution in [2.75, 3.05) is 11.9 Å². The molecule has 0 aromatic carbocycles. The third kappa shape index (κ3) is 2.98. The van der Waals surface area contributed by atoms with Gasteiger partial charge in [-0.25, -0.2) is 4.98 Å². The highest BCUT2D eigenvalue weighted by Crippen LogP contribution is 2.32. The van der Waals surface area contributed by atoms with Crippen LogP contribution < -0.4 is 5.32 Å². The van der Waals surface area contributed by atoms with E-state index in [9.17, 15) is 9.59 Å². The van der Waals surface area contributed by atoms with Crippen LogP contribution in [0.5, 0.6) is 0 Å². The minimum atomic E-state index is -0.576. The van der Waals surface area contributed by atoms with Gasteiger partial charge in [0.25, 0.3) is 0 Å². The fraction of sp³-hybridized carbons (Fsp3) is 0.533. The molecule has 2 amide bonds. The lowest BCUT2D eigenvalue weighted by molar-refractivity contribution is -0.141. The van der Waals surface area contributed by atoms with Gasteiger partial charge in [0, 0.05) is 19.2 Å². The number of rotatable bonds is 5. The highest BCUT2D eigenvalue weighted by Gasteiger charge is 2.44. The summed E-state index contributed by atoms with van der Waals surface area (Å²) in [5.74, 6) is 0.610. The molecule has 1 N–H and O–H groups in total. The Labute approximate surface area is 119 Å². The van der Waals surface area contributed by atoms with Crippen LogP contribution in [-0.2, 0) is 16.1 Å². The lowest BCUT2D eigenvalue weighted by atomic mass is 9.92. The Balaban J connectivity index is 2.03. The average molecular weight is 275 g/mol. The summed E-state index contributed by atoms with van der Waals surface area (Å²) < 4.78 is 0. The SMILES string of the molecule is CCCNc1ccc(CN2C(=O)CC(C)(C)C2=O)cn1. The first-order valence-electron chi connectivity index (χ1n) is 6.97. The Morgan fingerprint density at radius 1 is 1.35 bits per heavy atom. The van der Waals surface area contributed by atoms with Crippen LogP contribution in [-0.4, -0.2) is 28.2 Å². The summed E-state index contributed by atoms with van der Waals surface area (Å²) in [6.45, 7) is 6.89. The van der Waals surface area contributed by atoms with Crippen molar-refractivity contribution < 1.29 is 9.59 Å². The second-order valence-corrected chi connectivity index (χ2v) is 5.82. The zero-order valence-electron chi connectivity index (χ0n) is 12.3. The number of likely N-dealkylation sites (tertiary alicyclic amines) is 1. The first kappa shape index (κ1) is 14.5. The van der Waals surface area contributed by atoms with Gasteiger partial charge in [-0.2, -0.15) is 0 Å². The number of hydrogen-bond donors (Lipinski definition) is 1. The van der Waals surface area contributed by atoms with E-state index >= 15 is 0 Å². The quantitative estimate of drug-likeness (QED) is 0.837. The van der Waals surface area contributed by atoms with E-state index in [2.05, 4.69) is 17.2 Å². The van der Waals surface area contributed by atoms with Crippen molar-refractivity contribution in [1.82, 2.24) is 9.88 Å². The molecule has 0 bridgehead atoms. The molecule has 5 heteroatoms. The van der Waals surface area contributed by atoms with Gasteiger partial charge in [-0.05, 0) is 18.1 Å². The highest BCUT2D eigenvalue weighted by molar-refractivity contribution is 6.05. The molecule has 0 atom stereocenters. The summed E-state index contributed by atoms with van der Waals surface area (Å²) in [5.41, 5.74) is 0.291. The van der Waals surface area contributed by atoms with E-state index in [0.29, 0.717) is 6.54 Å². The maximum absolute atomic E-state index is 12.1. The molecule has 20 heavy (non-hydrogen) atoms. The van der Waals surface area contributed by atoms with Crippen LogP contribution >= 0.6 is 0 Å². The second-order valence-electron chi connectivity index (χ2n) is 5.82. The molecule has 108 valence electrons. The van der Waals surface area contributed by atoms with Crippen LogP contribution in [0.2, 0.25) is 0 Å². The van der Waals surface area contributed by atoms with Crippen LogP contribution in [0.1, 0.15) is 39.2 Å². The Kier molecular flexibility index (Phi) is 4.06. The van der Waals surface area contributed by atoms with Crippen LogP contribution in [0.3, 0.4) is 0 Å². The molecule has 1 fully saturated rings. The highest BCUT2D eigenvalue weighted by atomic mass is 16.2. The Bertz CT molecular complexity index is 508. The van der Waals surface area contributed by atoms with Gasteiger partial charge in [0.2, 0.25) is 11.8 Å². The van der Waals surface area contributed by atoms with Crippen molar-refractivity contribution in [2.24, 2.45) is 5.41 Å². The monoisotopic (exact) mass is 275 g/mol. The minimum absolute atomic E-state index is 0.101. The van der Waals surface area contributed by atoms with Crippen LogP contribution in [0.15, 0.2) is 18.3 Å². The molecule has 0 aliphatic carbocycles. The minimum Gasteiger partial charge on any atom is -0.370 e. The van der Waals surface area contributed by atoms with Crippen molar-refractivity contribution in [3.8, 4) is 0 Å². The lowest BCUT2D eigenvalue weighted by Gasteiger charge is -2.17. The smallest absolute Gasteiger partial charge is 0.235 e. The molecule has 1 aromatic rings. The van der Waals surface area contributed by atoms with Gasteiger partial charge in [0.1, 0.15) is 5.82 Å². The molecule has 5 nitrogen and oxygen atoms in total. The molecule has 1 aromatic heterocycles. The molecule has 2 heterocycles. The van der Waals surface area contributed by atoms with Crippen LogP contribution in [0, 0.1) is 5.41 Å². The molecule has 0 radical (unpaired) electrons. The van der Waals surface area contributed by atoms with Gasteiger partial charge >= 0.3 is 0 Å². The molecule has 0 saturated carbocycles. The number of aromatic nitrogens is 1. The summed E-state index contributed by atoms with van der Waals surface area (Å²) in [6.07, 6.45) is 3.04. The topological polar surface area (TPSA) is 62.3 Å². The van der Waals surface area contributed by atoms with Crippen LogP contribution in [0.4, 0.5) is 5.82 Å². The number of amides is 2. The van der Waals surface area contributed by atoms with Crippen molar-refractivity contribution in [3.05, 3.63) is 23.9 Å². The summed E-state index contributed by atoms with van der Waals surface area (Å²) in [4.78, 5) is 29.6. The number of nitrogens with zero attached hydrogens (tertiary/aromatic N) is 2. The fourth-order valence-corrected chi connectivity index (χ4v) is 2.25. The number of pyridine rings is 1. The third-order valence-electron chi connectivity index (χ3n) is 3.44. The van der Waals surface area contributed by atoms with Crippen molar-refractivity contribution in [2.45, 2.75) is 40.2 Å². The Hall–Kier alpha value is -1.91. The van der Waals surface area contributed by atoms with E-state index < -0.39 is 5.41 Å². The van der Waals surface area contributed by atoms with E-state index in [-0.39, 0.29) is 18.2 Å². The summed E-state index contributed by atoms with van der Waals surface area (Å²) in [6, 6.07) is 3.78.